The van der Waals surface area contributed by atoms with Crippen molar-refractivity contribution in [2.75, 3.05) is 26.2 Å². The number of rotatable bonds is 6. The van der Waals surface area contributed by atoms with E-state index in [2.05, 4.69) is 12.1 Å². The van der Waals surface area contributed by atoms with Crippen molar-refractivity contribution < 1.29 is 14.3 Å². The lowest BCUT2D eigenvalue weighted by molar-refractivity contribution is -0.140. The normalized spacial score (nSPS) is 24.3. The second-order valence-corrected chi connectivity index (χ2v) is 8.86. The monoisotopic (exact) mass is 384 g/mol. The van der Waals surface area contributed by atoms with Crippen molar-refractivity contribution in [3.63, 3.8) is 0 Å². The first-order chi connectivity index (χ1) is 13.7. The summed E-state index contributed by atoms with van der Waals surface area (Å²) in [7, 11) is 0. The molecule has 3 fully saturated rings. The lowest BCUT2D eigenvalue weighted by atomic mass is 9.73. The SMILES string of the molecule is O=C1CCCN1CC(=O)N1CC2(CCCCC2)CC1COCc1ccccc1. The topological polar surface area (TPSA) is 49.9 Å². The zero-order chi connectivity index (χ0) is 19.4. The predicted molar refractivity (Wildman–Crippen MR) is 108 cm³/mol. The van der Waals surface area contributed by atoms with E-state index in [0.717, 1.165) is 31.5 Å². The number of likely N-dealkylation sites (tertiary alicyclic amines) is 2. The van der Waals surface area contributed by atoms with Crippen molar-refractivity contribution in [2.45, 2.75) is 64.0 Å². The van der Waals surface area contributed by atoms with E-state index in [1.54, 1.807) is 4.90 Å². The van der Waals surface area contributed by atoms with Gasteiger partial charge in [0.15, 0.2) is 0 Å². The van der Waals surface area contributed by atoms with E-state index in [-0.39, 0.29) is 29.8 Å². The summed E-state index contributed by atoms with van der Waals surface area (Å²) in [6.07, 6.45) is 8.78. The smallest absolute Gasteiger partial charge is 0.242 e. The molecule has 1 aromatic rings. The van der Waals surface area contributed by atoms with Gasteiger partial charge in [0.25, 0.3) is 0 Å². The number of nitrogens with zero attached hydrogens (tertiary/aromatic N) is 2. The summed E-state index contributed by atoms with van der Waals surface area (Å²) >= 11 is 0. The van der Waals surface area contributed by atoms with Crippen LogP contribution in [0.3, 0.4) is 0 Å². The highest BCUT2D eigenvalue weighted by Gasteiger charge is 2.46. The van der Waals surface area contributed by atoms with E-state index in [9.17, 15) is 9.59 Å². The Bertz CT molecular complexity index is 684. The summed E-state index contributed by atoms with van der Waals surface area (Å²) in [5, 5.41) is 0. The van der Waals surface area contributed by atoms with Crippen molar-refractivity contribution in [3.05, 3.63) is 35.9 Å². The maximum absolute atomic E-state index is 13.1. The van der Waals surface area contributed by atoms with Gasteiger partial charge < -0.3 is 14.5 Å². The number of carbonyl (C=O) groups is 2. The van der Waals surface area contributed by atoms with Gasteiger partial charge in [0.05, 0.1) is 25.8 Å². The Hall–Kier alpha value is -1.88. The molecule has 152 valence electrons. The van der Waals surface area contributed by atoms with Gasteiger partial charge in [-0.1, -0.05) is 49.6 Å². The summed E-state index contributed by atoms with van der Waals surface area (Å²) in [5.74, 6) is 0.225. The molecule has 5 heteroatoms. The van der Waals surface area contributed by atoms with Gasteiger partial charge in [0.2, 0.25) is 11.8 Å². The second kappa shape index (κ2) is 8.64. The van der Waals surface area contributed by atoms with E-state index in [1.165, 1.54) is 32.1 Å². The molecular weight excluding hydrogens is 352 g/mol. The Balaban J connectivity index is 1.40. The predicted octanol–water partition coefficient (Wildman–Crippen LogP) is 3.38. The molecule has 1 spiro atoms. The fraction of sp³-hybridized carbons (Fsp3) is 0.652. The minimum absolute atomic E-state index is 0.103. The standard InChI is InChI=1S/C23H32N2O3/c26-21-10-7-13-24(21)15-22(27)25-18-23(11-5-2-6-12-23)14-20(25)17-28-16-19-8-3-1-4-9-19/h1,3-4,8-9,20H,2,5-7,10-18H2. The van der Waals surface area contributed by atoms with E-state index >= 15 is 0 Å². The molecule has 2 saturated heterocycles. The molecule has 0 bridgehead atoms. The van der Waals surface area contributed by atoms with Gasteiger partial charge in [-0.3, -0.25) is 9.59 Å². The third-order valence-corrected chi connectivity index (χ3v) is 6.77. The van der Waals surface area contributed by atoms with Gasteiger partial charge in [-0.15, -0.1) is 0 Å². The number of hydrogen-bond donors (Lipinski definition) is 0. The lowest BCUT2D eigenvalue weighted by Gasteiger charge is -2.33. The lowest BCUT2D eigenvalue weighted by Crippen LogP contribution is -2.45. The van der Waals surface area contributed by atoms with E-state index < -0.39 is 0 Å². The molecule has 0 N–H and O–H groups in total. The minimum atomic E-state index is 0.103. The van der Waals surface area contributed by atoms with Crippen LogP contribution in [-0.4, -0.2) is 53.9 Å². The largest absolute Gasteiger partial charge is 0.375 e. The van der Waals surface area contributed by atoms with Crippen LogP contribution in [0.4, 0.5) is 0 Å². The molecule has 0 radical (unpaired) electrons. The van der Waals surface area contributed by atoms with E-state index in [1.807, 2.05) is 23.1 Å². The van der Waals surface area contributed by atoms with Crippen molar-refractivity contribution in [3.8, 4) is 0 Å². The van der Waals surface area contributed by atoms with E-state index in [0.29, 0.717) is 19.6 Å². The fourth-order valence-corrected chi connectivity index (χ4v) is 5.28. The Morgan fingerprint density at radius 3 is 2.61 bits per heavy atom. The molecule has 5 nitrogen and oxygen atoms in total. The number of hydrogen-bond acceptors (Lipinski definition) is 3. The van der Waals surface area contributed by atoms with Crippen LogP contribution in [-0.2, 0) is 20.9 Å². The highest BCUT2D eigenvalue weighted by molar-refractivity contribution is 5.86. The van der Waals surface area contributed by atoms with Gasteiger partial charge in [0, 0.05) is 19.5 Å². The third-order valence-electron chi connectivity index (χ3n) is 6.77. The maximum Gasteiger partial charge on any atom is 0.242 e. The highest BCUT2D eigenvalue weighted by atomic mass is 16.5. The number of amides is 2. The molecule has 4 rings (SSSR count). The van der Waals surface area contributed by atoms with Crippen molar-refractivity contribution in [1.82, 2.24) is 9.80 Å². The molecule has 1 unspecified atom stereocenters. The maximum atomic E-state index is 13.1. The van der Waals surface area contributed by atoms with Gasteiger partial charge in [-0.05, 0) is 36.7 Å². The molecule has 1 aliphatic carbocycles. The first-order valence-electron chi connectivity index (χ1n) is 10.8. The summed E-state index contributed by atoms with van der Waals surface area (Å²) in [6, 6.07) is 10.3. The quantitative estimate of drug-likeness (QED) is 0.756. The zero-order valence-electron chi connectivity index (χ0n) is 16.8. The summed E-state index contributed by atoms with van der Waals surface area (Å²) in [6.45, 7) is 2.96. The average molecular weight is 385 g/mol. The Morgan fingerprint density at radius 1 is 1.11 bits per heavy atom. The molecule has 0 aromatic heterocycles. The van der Waals surface area contributed by atoms with Crippen LogP contribution in [0.25, 0.3) is 0 Å². The van der Waals surface area contributed by atoms with Crippen molar-refractivity contribution in [2.24, 2.45) is 5.41 Å². The summed E-state index contributed by atoms with van der Waals surface area (Å²) < 4.78 is 6.03. The van der Waals surface area contributed by atoms with Crippen LogP contribution < -0.4 is 0 Å². The van der Waals surface area contributed by atoms with Crippen LogP contribution in [0.1, 0.15) is 56.9 Å². The van der Waals surface area contributed by atoms with Crippen molar-refractivity contribution >= 4 is 11.8 Å². The minimum Gasteiger partial charge on any atom is -0.375 e. The Labute approximate surface area is 168 Å². The summed E-state index contributed by atoms with van der Waals surface area (Å²) in [5.41, 5.74) is 1.43. The Morgan fingerprint density at radius 2 is 1.89 bits per heavy atom. The second-order valence-electron chi connectivity index (χ2n) is 8.86. The van der Waals surface area contributed by atoms with Gasteiger partial charge in [-0.25, -0.2) is 0 Å². The molecule has 2 heterocycles. The summed E-state index contributed by atoms with van der Waals surface area (Å²) in [4.78, 5) is 28.8. The molecule has 2 aliphatic heterocycles. The molecule has 1 aromatic carbocycles. The molecule has 3 aliphatic rings. The number of carbonyl (C=O) groups excluding carboxylic acids is 2. The first-order valence-corrected chi connectivity index (χ1v) is 10.8. The number of ether oxygens (including phenoxy) is 1. The van der Waals surface area contributed by atoms with Crippen LogP contribution in [0.2, 0.25) is 0 Å². The van der Waals surface area contributed by atoms with Crippen molar-refractivity contribution in [1.29, 1.82) is 0 Å². The van der Waals surface area contributed by atoms with Gasteiger partial charge in [0.1, 0.15) is 0 Å². The van der Waals surface area contributed by atoms with Gasteiger partial charge in [-0.2, -0.15) is 0 Å². The highest BCUT2D eigenvalue weighted by Crippen LogP contribution is 2.46. The van der Waals surface area contributed by atoms with E-state index in [4.69, 9.17) is 4.74 Å². The Kier molecular flexibility index (Phi) is 6.00. The zero-order valence-corrected chi connectivity index (χ0v) is 16.8. The molecule has 1 atom stereocenters. The fourth-order valence-electron chi connectivity index (χ4n) is 5.28. The van der Waals surface area contributed by atoms with Crippen LogP contribution >= 0.6 is 0 Å². The van der Waals surface area contributed by atoms with Crippen LogP contribution in [0.15, 0.2) is 30.3 Å². The first kappa shape index (κ1) is 19.4. The molecule has 2 amide bonds. The van der Waals surface area contributed by atoms with Crippen LogP contribution in [0, 0.1) is 5.41 Å². The van der Waals surface area contributed by atoms with Crippen LogP contribution in [0.5, 0.6) is 0 Å². The van der Waals surface area contributed by atoms with Gasteiger partial charge >= 0.3 is 0 Å². The average Bonchev–Trinajstić information content (AvgIpc) is 3.27. The molecule has 28 heavy (non-hydrogen) atoms. The number of benzene rings is 1. The third kappa shape index (κ3) is 4.40. The molecular formula is C23H32N2O3. The molecule has 1 saturated carbocycles.